The monoisotopic (exact) mass is 456 g/mol. The molecule has 3 aromatic carbocycles. The lowest BCUT2D eigenvalue weighted by atomic mass is 10.2. The number of rotatable bonds is 4. The Kier molecular flexibility index (Phi) is 4.74. The average Bonchev–Trinajstić information content (AvgIpc) is 2.68. The summed E-state index contributed by atoms with van der Waals surface area (Å²) in [4.78, 5) is 16.6. The summed E-state index contributed by atoms with van der Waals surface area (Å²) in [5.74, 6) is 0.172. The minimum Gasteiger partial charge on any atom is -0.403 e. The largest absolute Gasteiger partial charge is 0.403 e. The van der Waals surface area contributed by atoms with Gasteiger partial charge in [-0.1, -0.05) is 28.1 Å². The van der Waals surface area contributed by atoms with Gasteiger partial charge in [0.1, 0.15) is 0 Å². The van der Waals surface area contributed by atoms with Crippen molar-refractivity contribution in [3.63, 3.8) is 0 Å². The minimum absolute atomic E-state index is 0.155. The van der Waals surface area contributed by atoms with Gasteiger partial charge in [-0.05, 0) is 60.7 Å². The molecule has 1 N–H and O–H groups in total. The van der Waals surface area contributed by atoms with Crippen LogP contribution in [0.25, 0.3) is 22.4 Å². The number of sulfonamides is 1. The van der Waals surface area contributed by atoms with Crippen LogP contribution >= 0.6 is 15.9 Å². The summed E-state index contributed by atoms with van der Waals surface area (Å²) in [7, 11) is -3.70. The van der Waals surface area contributed by atoms with Gasteiger partial charge >= 0.3 is 5.63 Å². The lowest BCUT2D eigenvalue weighted by molar-refractivity contribution is 0.518. The predicted octanol–water partition coefficient (Wildman–Crippen LogP) is 4.42. The second-order valence-corrected chi connectivity index (χ2v) is 8.56. The second-order valence-electron chi connectivity index (χ2n) is 5.96. The molecule has 28 heavy (non-hydrogen) atoms. The highest BCUT2D eigenvalue weighted by molar-refractivity contribution is 9.10. The summed E-state index contributed by atoms with van der Waals surface area (Å²) in [5, 5.41) is 0.408. The van der Waals surface area contributed by atoms with E-state index in [1.165, 1.54) is 12.1 Å². The van der Waals surface area contributed by atoms with Gasteiger partial charge in [0.2, 0.25) is 5.89 Å². The minimum atomic E-state index is -3.70. The van der Waals surface area contributed by atoms with Crippen LogP contribution in [0.1, 0.15) is 0 Å². The molecular formula is C20H13BrN2O4S. The van der Waals surface area contributed by atoms with Gasteiger partial charge in [0.15, 0.2) is 0 Å². The highest BCUT2D eigenvalue weighted by atomic mass is 79.9. The highest BCUT2D eigenvalue weighted by Crippen LogP contribution is 2.23. The quantitative estimate of drug-likeness (QED) is 0.490. The number of benzene rings is 3. The van der Waals surface area contributed by atoms with Crippen LogP contribution in [0, 0.1) is 0 Å². The summed E-state index contributed by atoms with van der Waals surface area (Å²) in [6, 6.07) is 19.7. The Bertz CT molecular complexity index is 1320. The third kappa shape index (κ3) is 3.69. The Labute approximate surface area is 169 Å². The number of nitrogens with one attached hydrogen (secondary N) is 1. The number of anilines is 1. The van der Waals surface area contributed by atoms with E-state index in [0.717, 1.165) is 4.47 Å². The molecule has 0 atom stereocenters. The fourth-order valence-corrected chi connectivity index (χ4v) is 3.97. The first-order valence-corrected chi connectivity index (χ1v) is 10.5. The van der Waals surface area contributed by atoms with Crippen molar-refractivity contribution in [2.75, 3.05) is 4.72 Å². The Morgan fingerprint density at radius 1 is 0.893 bits per heavy atom. The molecule has 0 amide bonds. The Balaban J connectivity index is 1.62. The molecule has 0 bridgehead atoms. The maximum absolute atomic E-state index is 12.5. The smallest absolute Gasteiger partial charge is 0.347 e. The molecule has 8 heteroatoms. The van der Waals surface area contributed by atoms with Crippen molar-refractivity contribution < 1.29 is 12.8 Å². The van der Waals surface area contributed by atoms with E-state index in [1.807, 2.05) is 0 Å². The lowest BCUT2D eigenvalue weighted by Crippen LogP contribution is -2.12. The van der Waals surface area contributed by atoms with Gasteiger partial charge in [-0.3, -0.25) is 4.72 Å². The van der Waals surface area contributed by atoms with Crippen molar-refractivity contribution in [1.29, 1.82) is 0 Å². The lowest BCUT2D eigenvalue weighted by Gasteiger charge is -2.09. The Hall–Kier alpha value is -2.97. The van der Waals surface area contributed by atoms with Crippen LogP contribution in [0.3, 0.4) is 0 Å². The maximum Gasteiger partial charge on any atom is 0.347 e. The van der Waals surface area contributed by atoms with Gasteiger partial charge < -0.3 is 4.42 Å². The number of hydrogen-bond acceptors (Lipinski definition) is 5. The molecule has 0 unspecified atom stereocenters. The van der Waals surface area contributed by atoms with Gasteiger partial charge in [-0.15, -0.1) is 0 Å². The molecule has 0 saturated heterocycles. The SMILES string of the molecule is O=c1oc(-c2ccc(NS(=O)(=O)c3ccc(Br)cc3)cc2)nc2ccccc12. The number of nitrogens with zero attached hydrogens (tertiary/aromatic N) is 1. The Morgan fingerprint density at radius 2 is 1.57 bits per heavy atom. The molecule has 4 rings (SSSR count). The van der Waals surface area contributed by atoms with Crippen molar-refractivity contribution in [2.24, 2.45) is 0 Å². The zero-order valence-electron chi connectivity index (χ0n) is 14.3. The fourth-order valence-electron chi connectivity index (χ4n) is 2.65. The standard InChI is InChI=1S/C20H13BrN2O4S/c21-14-7-11-16(12-8-14)28(25,26)23-15-9-5-13(6-10-15)19-22-18-4-2-1-3-17(18)20(24)27-19/h1-12,23H. The molecule has 0 radical (unpaired) electrons. The molecule has 1 aromatic heterocycles. The summed E-state index contributed by atoms with van der Waals surface area (Å²) < 4.78 is 33.5. The number of para-hydroxylation sites is 1. The summed E-state index contributed by atoms with van der Waals surface area (Å²) in [6.45, 7) is 0. The van der Waals surface area contributed by atoms with Crippen LogP contribution in [0.2, 0.25) is 0 Å². The Morgan fingerprint density at radius 3 is 2.29 bits per heavy atom. The first-order chi connectivity index (χ1) is 13.4. The van der Waals surface area contributed by atoms with Crippen molar-refractivity contribution in [1.82, 2.24) is 4.98 Å². The molecule has 6 nitrogen and oxygen atoms in total. The number of halogens is 1. The van der Waals surface area contributed by atoms with Crippen LogP contribution in [0.15, 0.2) is 91.4 Å². The molecule has 140 valence electrons. The topological polar surface area (TPSA) is 89.3 Å². The molecule has 0 saturated carbocycles. The maximum atomic E-state index is 12.5. The normalized spacial score (nSPS) is 11.5. The van der Waals surface area contributed by atoms with E-state index in [9.17, 15) is 13.2 Å². The van der Waals surface area contributed by atoms with E-state index in [4.69, 9.17) is 4.42 Å². The van der Waals surface area contributed by atoms with Crippen LogP contribution in [0.4, 0.5) is 5.69 Å². The van der Waals surface area contributed by atoms with Crippen molar-refractivity contribution in [3.05, 3.63) is 87.7 Å². The fraction of sp³-hybridized carbons (Fsp3) is 0. The third-order valence-electron chi connectivity index (χ3n) is 4.04. The third-order valence-corrected chi connectivity index (χ3v) is 5.97. The molecule has 1 heterocycles. The second kappa shape index (κ2) is 7.21. The van der Waals surface area contributed by atoms with Crippen LogP contribution < -0.4 is 10.3 Å². The molecular weight excluding hydrogens is 444 g/mol. The van der Waals surface area contributed by atoms with E-state index < -0.39 is 15.6 Å². The van der Waals surface area contributed by atoms with E-state index >= 15 is 0 Å². The van der Waals surface area contributed by atoms with Crippen molar-refractivity contribution in [3.8, 4) is 11.5 Å². The van der Waals surface area contributed by atoms with Crippen LogP contribution in [-0.4, -0.2) is 13.4 Å². The van der Waals surface area contributed by atoms with Gasteiger partial charge in [0.05, 0.1) is 15.8 Å². The van der Waals surface area contributed by atoms with E-state index in [0.29, 0.717) is 22.2 Å². The summed E-state index contributed by atoms with van der Waals surface area (Å²) in [5.41, 5.74) is 1.01. The molecule has 0 spiro atoms. The average molecular weight is 457 g/mol. The highest BCUT2D eigenvalue weighted by Gasteiger charge is 2.14. The first-order valence-electron chi connectivity index (χ1n) is 8.21. The molecule has 0 aliphatic heterocycles. The van der Waals surface area contributed by atoms with Gasteiger partial charge in [-0.2, -0.15) is 0 Å². The predicted molar refractivity (Wildman–Crippen MR) is 111 cm³/mol. The van der Waals surface area contributed by atoms with Gasteiger partial charge in [0, 0.05) is 15.7 Å². The molecule has 4 aromatic rings. The van der Waals surface area contributed by atoms with Crippen molar-refractivity contribution >= 4 is 42.5 Å². The summed E-state index contributed by atoms with van der Waals surface area (Å²) in [6.07, 6.45) is 0. The van der Waals surface area contributed by atoms with Crippen LogP contribution in [0.5, 0.6) is 0 Å². The van der Waals surface area contributed by atoms with E-state index in [1.54, 1.807) is 60.7 Å². The summed E-state index contributed by atoms with van der Waals surface area (Å²) >= 11 is 3.28. The van der Waals surface area contributed by atoms with E-state index in [-0.39, 0.29) is 10.8 Å². The zero-order valence-corrected chi connectivity index (χ0v) is 16.7. The zero-order chi connectivity index (χ0) is 19.7. The molecule has 0 aliphatic rings. The van der Waals surface area contributed by atoms with Gasteiger partial charge in [-0.25, -0.2) is 18.2 Å². The van der Waals surface area contributed by atoms with Gasteiger partial charge in [0.25, 0.3) is 10.0 Å². The number of hydrogen-bond donors (Lipinski definition) is 1. The van der Waals surface area contributed by atoms with E-state index in [2.05, 4.69) is 25.6 Å². The molecule has 0 fully saturated rings. The van der Waals surface area contributed by atoms with Crippen LogP contribution in [-0.2, 0) is 10.0 Å². The van der Waals surface area contributed by atoms with Crippen molar-refractivity contribution in [2.45, 2.75) is 4.90 Å². The first kappa shape index (κ1) is 18.4. The number of fused-ring (bicyclic) bond motifs is 1. The number of aromatic nitrogens is 1. The molecule has 0 aliphatic carbocycles.